The summed E-state index contributed by atoms with van der Waals surface area (Å²) in [5, 5.41) is 3.45. The molecule has 1 N–H and O–H groups in total. The minimum absolute atomic E-state index is 0.925. The van der Waals surface area contributed by atoms with E-state index in [1.54, 1.807) is 0 Å². The number of aryl methyl sites for hydroxylation is 2. The van der Waals surface area contributed by atoms with Gasteiger partial charge in [0.15, 0.2) is 0 Å². The van der Waals surface area contributed by atoms with E-state index >= 15 is 0 Å². The van der Waals surface area contributed by atoms with Crippen molar-refractivity contribution in [2.24, 2.45) is 7.05 Å². The summed E-state index contributed by atoms with van der Waals surface area (Å²) in [6.07, 6.45) is 4.22. The van der Waals surface area contributed by atoms with Crippen LogP contribution in [0, 0.1) is 6.92 Å². The first kappa shape index (κ1) is 11.0. The maximum atomic E-state index is 3.45. The van der Waals surface area contributed by atoms with Crippen molar-refractivity contribution in [1.82, 2.24) is 9.88 Å². The fourth-order valence-corrected chi connectivity index (χ4v) is 1.84. The molecule has 1 heterocycles. The average molecular weight is 214 g/mol. The zero-order chi connectivity index (χ0) is 11.4. The summed E-state index contributed by atoms with van der Waals surface area (Å²) >= 11 is 0. The van der Waals surface area contributed by atoms with Crippen LogP contribution in [0.4, 0.5) is 0 Å². The molecule has 0 saturated carbocycles. The lowest BCUT2D eigenvalue weighted by Gasteiger charge is -2.04. The Hall–Kier alpha value is -1.54. The average Bonchev–Trinajstić information content (AvgIpc) is 2.64. The molecule has 0 aliphatic heterocycles. The predicted octanol–water partition coefficient (Wildman–Crippen LogP) is 2.62. The third kappa shape index (κ3) is 2.97. The van der Waals surface area contributed by atoms with E-state index < -0.39 is 0 Å². The summed E-state index contributed by atoms with van der Waals surface area (Å²) in [5.41, 5.74) is 3.99. The van der Waals surface area contributed by atoms with Crippen molar-refractivity contribution in [2.75, 3.05) is 0 Å². The molecule has 0 amide bonds. The quantitative estimate of drug-likeness (QED) is 0.828. The highest BCUT2D eigenvalue weighted by Crippen LogP contribution is 2.04. The Morgan fingerprint density at radius 2 is 1.94 bits per heavy atom. The smallest absolute Gasteiger partial charge is 0.0223 e. The van der Waals surface area contributed by atoms with E-state index in [1.165, 1.54) is 16.7 Å². The number of nitrogens with one attached hydrogen (secondary N) is 1. The van der Waals surface area contributed by atoms with Gasteiger partial charge < -0.3 is 9.88 Å². The van der Waals surface area contributed by atoms with Gasteiger partial charge in [0.1, 0.15) is 0 Å². The number of hydrogen-bond acceptors (Lipinski definition) is 1. The second kappa shape index (κ2) is 4.99. The summed E-state index contributed by atoms with van der Waals surface area (Å²) in [6, 6.07) is 10.8. The molecule has 0 atom stereocenters. The summed E-state index contributed by atoms with van der Waals surface area (Å²) in [7, 11) is 2.05. The molecule has 84 valence electrons. The molecule has 0 unspecified atom stereocenters. The van der Waals surface area contributed by atoms with Gasteiger partial charge in [-0.2, -0.15) is 0 Å². The first-order valence-electron chi connectivity index (χ1n) is 5.61. The third-order valence-corrected chi connectivity index (χ3v) is 2.63. The highest BCUT2D eigenvalue weighted by atomic mass is 14.9. The molecule has 0 saturated heterocycles. The van der Waals surface area contributed by atoms with Gasteiger partial charge in [-0.15, -0.1) is 0 Å². The van der Waals surface area contributed by atoms with Crippen molar-refractivity contribution in [3.05, 3.63) is 59.4 Å². The zero-order valence-electron chi connectivity index (χ0n) is 9.90. The van der Waals surface area contributed by atoms with Gasteiger partial charge in [-0.05, 0) is 24.1 Å². The minimum Gasteiger partial charge on any atom is -0.357 e. The Morgan fingerprint density at radius 3 is 2.62 bits per heavy atom. The monoisotopic (exact) mass is 214 g/mol. The Bertz CT molecular complexity index is 457. The molecule has 2 heteroatoms. The van der Waals surface area contributed by atoms with E-state index in [1.807, 2.05) is 7.05 Å². The van der Waals surface area contributed by atoms with E-state index in [-0.39, 0.29) is 0 Å². The molecule has 16 heavy (non-hydrogen) atoms. The molecule has 0 aliphatic rings. The number of hydrogen-bond donors (Lipinski definition) is 1. The summed E-state index contributed by atoms with van der Waals surface area (Å²) in [4.78, 5) is 0. The zero-order valence-corrected chi connectivity index (χ0v) is 9.90. The molecule has 0 bridgehead atoms. The van der Waals surface area contributed by atoms with Crippen molar-refractivity contribution in [2.45, 2.75) is 20.0 Å². The van der Waals surface area contributed by atoms with Crippen molar-refractivity contribution in [3.8, 4) is 0 Å². The summed E-state index contributed by atoms with van der Waals surface area (Å²) in [6.45, 7) is 3.98. The van der Waals surface area contributed by atoms with Crippen LogP contribution in [0.2, 0.25) is 0 Å². The molecule has 0 radical (unpaired) electrons. The Balaban J connectivity index is 1.84. The van der Waals surface area contributed by atoms with Crippen LogP contribution in [0.5, 0.6) is 0 Å². The lowest BCUT2D eigenvalue weighted by atomic mass is 10.1. The molecule has 0 spiro atoms. The number of rotatable bonds is 4. The SMILES string of the molecule is Cc1cccc(CNCc2ccn(C)c2)c1. The van der Waals surface area contributed by atoms with Crippen LogP contribution in [0.25, 0.3) is 0 Å². The van der Waals surface area contributed by atoms with Gasteiger partial charge >= 0.3 is 0 Å². The molecule has 0 aliphatic carbocycles. The van der Waals surface area contributed by atoms with Crippen molar-refractivity contribution in [3.63, 3.8) is 0 Å². The number of aromatic nitrogens is 1. The van der Waals surface area contributed by atoms with Crippen LogP contribution in [-0.4, -0.2) is 4.57 Å². The second-order valence-corrected chi connectivity index (χ2v) is 4.28. The standard InChI is InChI=1S/C14H18N2/c1-12-4-3-5-13(8-12)9-15-10-14-6-7-16(2)11-14/h3-8,11,15H,9-10H2,1-2H3. The largest absolute Gasteiger partial charge is 0.357 e. The van der Waals surface area contributed by atoms with Crippen molar-refractivity contribution >= 4 is 0 Å². The lowest BCUT2D eigenvalue weighted by Crippen LogP contribution is -2.12. The van der Waals surface area contributed by atoms with Crippen molar-refractivity contribution < 1.29 is 0 Å². The fraction of sp³-hybridized carbons (Fsp3) is 0.286. The van der Waals surface area contributed by atoms with E-state index in [4.69, 9.17) is 0 Å². The first-order chi connectivity index (χ1) is 7.74. The Labute approximate surface area is 96.9 Å². The van der Waals surface area contributed by atoms with Crippen LogP contribution in [0.15, 0.2) is 42.7 Å². The maximum absolute atomic E-state index is 3.45. The minimum atomic E-state index is 0.925. The summed E-state index contributed by atoms with van der Waals surface area (Å²) < 4.78 is 2.07. The molecule has 0 fully saturated rings. The van der Waals surface area contributed by atoms with Gasteiger partial charge in [0.25, 0.3) is 0 Å². The highest BCUT2D eigenvalue weighted by molar-refractivity contribution is 5.22. The molecule has 2 rings (SSSR count). The van der Waals surface area contributed by atoms with Gasteiger partial charge in [0.05, 0.1) is 0 Å². The van der Waals surface area contributed by atoms with E-state index in [0.717, 1.165) is 13.1 Å². The van der Waals surface area contributed by atoms with E-state index in [2.05, 4.69) is 59.5 Å². The molecule has 2 aromatic rings. The molecule has 1 aromatic heterocycles. The van der Waals surface area contributed by atoms with Gasteiger partial charge in [0.2, 0.25) is 0 Å². The molecule has 2 nitrogen and oxygen atoms in total. The van der Waals surface area contributed by atoms with Gasteiger partial charge in [0, 0.05) is 32.5 Å². The molecule has 1 aromatic carbocycles. The van der Waals surface area contributed by atoms with Gasteiger partial charge in [-0.3, -0.25) is 0 Å². The number of nitrogens with zero attached hydrogens (tertiary/aromatic N) is 1. The topological polar surface area (TPSA) is 17.0 Å². The lowest BCUT2D eigenvalue weighted by molar-refractivity contribution is 0.692. The Morgan fingerprint density at radius 1 is 1.12 bits per heavy atom. The number of benzene rings is 1. The first-order valence-corrected chi connectivity index (χ1v) is 5.61. The van der Waals surface area contributed by atoms with Crippen LogP contribution in [-0.2, 0) is 20.1 Å². The van der Waals surface area contributed by atoms with E-state index in [0.29, 0.717) is 0 Å². The molecular formula is C14H18N2. The van der Waals surface area contributed by atoms with Crippen LogP contribution < -0.4 is 5.32 Å². The fourth-order valence-electron chi connectivity index (χ4n) is 1.84. The normalized spacial score (nSPS) is 10.6. The predicted molar refractivity (Wildman–Crippen MR) is 67.1 cm³/mol. The van der Waals surface area contributed by atoms with Crippen LogP contribution in [0.3, 0.4) is 0 Å². The second-order valence-electron chi connectivity index (χ2n) is 4.28. The third-order valence-electron chi connectivity index (χ3n) is 2.63. The Kier molecular flexibility index (Phi) is 3.42. The van der Waals surface area contributed by atoms with Crippen LogP contribution >= 0.6 is 0 Å². The highest BCUT2D eigenvalue weighted by Gasteiger charge is 1.95. The maximum Gasteiger partial charge on any atom is 0.0223 e. The summed E-state index contributed by atoms with van der Waals surface area (Å²) in [5.74, 6) is 0. The van der Waals surface area contributed by atoms with Crippen LogP contribution in [0.1, 0.15) is 16.7 Å². The van der Waals surface area contributed by atoms with Gasteiger partial charge in [-0.1, -0.05) is 29.8 Å². The molecular weight excluding hydrogens is 196 g/mol. The van der Waals surface area contributed by atoms with Crippen molar-refractivity contribution in [1.29, 1.82) is 0 Å². The van der Waals surface area contributed by atoms with E-state index in [9.17, 15) is 0 Å². The van der Waals surface area contributed by atoms with Gasteiger partial charge in [-0.25, -0.2) is 0 Å².